The normalized spacial score (nSPS) is 19.3. The minimum Gasteiger partial charge on any atom is -0.391 e. The van der Waals surface area contributed by atoms with Crippen molar-refractivity contribution >= 4 is 29.2 Å². The number of thioether (sulfide) groups is 1. The Morgan fingerprint density at radius 3 is 2.68 bits per heavy atom. The SMILES string of the molecule is [C-]#[N+]c1c(N2CCC[C@H](O)C2)nc(SC(C(N)=O)c2ccccc2)c(C#N)c1C1CC1. The number of rotatable bonds is 6. The van der Waals surface area contributed by atoms with Crippen LogP contribution >= 0.6 is 11.8 Å². The summed E-state index contributed by atoms with van der Waals surface area (Å²) in [6.45, 7) is 8.89. The maximum absolute atomic E-state index is 12.3. The van der Waals surface area contributed by atoms with Gasteiger partial charge in [0.1, 0.15) is 22.2 Å². The van der Waals surface area contributed by atoms with Crippen molar-refractivity contribution in [3.63, 3.8) is 0 Å². The number of nitrogens with two attached hydrogens (primary N) is 1. The van der Waals surface area contributed by atoms with Gasteiger partial charge in [-0.3, -0.25) is 4.79 Å². The topological polar surface area (TPSA) is 108 Å². The van der Waals surface area contributed by atoms with Crippen LogP contribution in [0.25, 0.3) is 4.85 Å². The second-order valence-corrected chi connectivity index (χ2v) is 9.02. The minimum absolute atomic E-state index is 0.151. The molecule has 2 fully saturated rings. The van der Waals surface area contributed by atoms with Crippen molar-refractivity contribution in [1.82, 2.24) is 4.98 Å². The van der Waals surface area contributed by atoms with E-state index in [0.717, 1.165) is 48.6 Å². The van der Waals surface area contributed by atoms with Crippen LogP contribution in [-0.4, -0.2) is 35.2 Å². The van der Waals surface area contributed by atoms with Crippen molar-refractivity contribution in [3.8, 4) is 6.07 Å². The fourth-order valence-electron chi connectivity index (χ4n) is 4.03. The van der Waals surface area contributed by atoms with Gasteiger partial charge in [-0.05, 0) is 42.7 Å². The lowest BCUT2D eigenvalue weighted by atomic mass is 10.0. The number of pyridine rings is 1. The van der Waals surface area contributed by atoms with Gasteiger partial charge in [-0.2, -0.15) is 5.26 Å². The third kappa shape index (κ3) is 4.36. The maximum Gasteiger partial charge on any atom is 0.235 e. The van der Waals surface area contributed by atoms with Gasteiger partial charge < -0.3 is 15.7 Å². The number of nitriles is 1. The number of aliphatic hydroxyl groups excluding tert-OH is 1. The molecule has 1 unspecified atom stereocenters. The molecule has 158 valence electrons. The molecule has 0 radical (unpaired) electrons. The predicted molar refractivity (Wildman–Crippen MR) is 119 cm³/mol. The molecule has 2 aliphatic rings. The Morgan fingerprint density at radius 2 is 2.10 bits per heavy atom. The lowest BCUT2D eigenvalue weighted by Crippen LogP contribution is -2.39. The highest BCUT2D eigenvalue weighted by molar-refractivity contribution is 8.00. The third-order valence-electron chi connectivity index (χ3n) is 5.65. The number of anilines is 1. The van der Waals surface area contributed by atoms with E-state index >= 15 is 0 Å². The lowest BCUT2D eigenvalue weighted by Gasteiger charge is -2.33. The average Bonchev–Trinajstić information content (AvgIpc) is 3.62. The summed E-state index contributed by atoms with van der Waals surface area (Å²) in [6.07, 6.45) is 2.88. The highest BCUT2D eigenvalue weighted by Gasteiger charge is 2.35. The molecule has 1 aliphatic heterocycles. The molecule has 1 aromatic carbocycles. The number of aromatic nitrogens is 1. The van der Waals surface area contributed by atoms with E-state index in [2.05, 4.69) is 10.9 Å². The van der Waals surface area contributed by atoms with E-state index in [1.54, 1.807) is 0 Å². The van der Waals surface area contributed by atoms with E-state index in [1.165, 1.54) is 0 Å². The number of hydrogen-bond donors (Lipinski definition) is 2. The van der Waals surface area contributed by atoms with Crippen molar-refractivity contribution in [3.05, 3.63) is 58.4 Å². The molecule has 1 saturated carbocycles. The molecular weight excluding hydrogens is 410 g/mol. The van der Waals surface area contributed by atoms with E-state index in [0.29, 0.717) is 35.2 Å². The van der Waals surface area contributed by atoms with Gasteiger partial charge in [0.05, 0.1) is 18.2 Å². The zero-order valence-electron chi connectivity index (χ0n) is 17.0. The van der Waals surface area contributed by atoms with E-state index in [1.807, 2.05) is 35.2 Å². The van der Waals surface area contributed by atoms with Crippen molar-refractivity contribution in [2.75, 3.05) is 18.0 Å². The standard InChI is InChI=1S/C23H23N5O2S/c1-26-19-18(14-9-10-14)17(12-24)23(27-22(19)28-11-5-8-16(29)13-28)31-20(21(25)30)15-6-3-2-4-7-15/h2-4,6-7,14,16,20,29H,5,8-11,13H2,(H2,25,30)/t16-,20?/m0/s1. The van der Waals surface area contributed by atoms with Crippen LogP contribution in [-0.2, 0) is 4.79 Å². The second-order valence-electron chi connectivity index (χ2n) is 7.93. The van der Waals surface area contributed by atoms with Gasteiger partial charge in [-0.1, -0.05) is 42.1 Å². The smallest absolute Gasteiger partial charge is 0.235 e. The molecule has 1 aliphatic carbocycles. The molecule has 4 rings (SSSR count). The molecule has 1 saturated heterocycles. The number of nitrogens with zero attached hydrogens (tertiary/aromatic N) is 4. The molecule has 2 atom stereocenters. The summed E-state index contributed by atoms with van der Waals surface area (Å²) in [7, 11) is 0. The number of β-amino-alcohol motifs (C(OH)–C–C–N with tert-alkyl or cyclic N) is 1. The second kappa shape index (κ2) is 8.97. The quantitative estimate of drug-likeness (QED) is 0.532. The highest BCUT2D eigenvalue weighted by Crippen LogP contribution is 2.51. The van der Waals surface area contributed by atoms with Crippen LogP contribution in [0.3, 0.4) is 0 Å². The first-order valence-electron chi connectivity index (χ1n) is 10.3. The lowest BCUT2D eigenvalue weighted by molar-refractivity contribution is -0.117. The van der Waals surface area contributed by atoms with E-state index < -0.39 is 17.3 Å². The maximum atomic E-state index is 12.3. The van der Waals surface area contributed by atoms with Gasteiger partial charge in [0.25, 0.3) is 0 Å². The fraction of sp³-hybridized carbons (Fsp3) is 0.391. The van der Waals surface area contributed by atoms with E-state index in [9.17, 15) is 15.2 Å². The molecule has 1 aromatic heterocycles. The first-order valence-corrected chi connectivity index (χ1v) is 11.2. The Morgan fingerprint density at radius 1 is 1.35 bits per heavy atom. The molecule has 0 spiro atoms. The van der Waals surface area contributed by atoms with Gasteiger partial charge in [-0.25, -0.2) is 9.83 Å². The summed E-state index contributed by atoms with van der Waals surface area (Å²) in [6, 6.07) is 11.4. The Labute approximate surface area is 185 Å². The zero-order valence-corrected chi connectivity index (χ0v) is 17.8. The average molecular weight is 434 g/mol. The van der Waals surface area contributed by atoms with Gasteiger partial charge in [-0.15, -0.1) is 0 Å². The highest BCUT2D eigenvalue weighted by atomic mass is 32.2. The van der Waals surface area contributed by atoms with Gasteiger partial charge in [0.2, 0.25) is 11.6 Å². The molecule has 0 bridgehead atoms. The van der Waals surface area contributed by atoms with E-state index in [4.69, 9.17) is 17.3 Å². The van der Waals surface area contributed by atoms with Crippen LogP contribution in [0.5, 0.6) is 0 Å². The van der Waals surface area contributed by atoms with Crippen LogP contribution in [0.1, 0.15) is 53.5 Å². The number of benzene rings is 1. The molecule has 2 heterocycles. The number of primary amides is 1. The first kappa shape index (κ1) is 21.2. The first-order chi connectivity index (χ1) is 15.0. The van der Waals surface area contributed by atoms with Gasteiger partial charge in [0.15, 0.2) is 0 Å². The van der Waals surface area contributed by atoms with Crippen molar-refractivity contribution in [1.29, 1.82) is 5.26 Å². The van der Waals surface area contributed by atoms with Crippen LogP contribution < -0.4 is 10.6 Å². The summed E-state index contributed by atoms with van der Waals surface area (Å²) < 4.78 is 0. The van der Waals surface area contributed by atoms with E-state index in [-0.39, 0.29) is 5.92 Å². The van der Waals surface area contributed by atoms with Crippen molar-refractivity contribution in [2.45, 2.75) is 48.0 Å². The van der Waals surface area contributed by atoms with Crippen molar-refractivity contribution < 1.29 is 9.90 Å². The number of carbonyl (C=O) groups excluding carboxylic acids is 1. The predicted octanol–water partition coefficient (Wildman–Crippen LogP) is 3.66. The Bertz CT molecular complexity index is 1070. The number of hydrogen-bond acceptors (Lipinski definition) is 6. The Hall–Kier alpha value is -3.07. The zero-order chi connectivity index (χ0) is 22.0. The molecule has 7 nitrogen and oxygen atoms in total. The largest absolute Gasteiger partial charge is 0.391 e. The molecule has 3 N–H and O–H groups in total. The molecular formula is C23H23N5O2S. The Balaban J connectivity index is 1.84. The summed E-state index contributed by atoms with van der Waals surface area (Å²) >= 11 is 1.16. The molecule has 1 amide bonds. The van der Waals surface area contributed by atoms with Crippen LogP contribution in [0.15, 0.2) is 35.4 Å². The van der Waals surface area contributed by atoms with Gasteiger partial charge >= 0.3 is 0 Å². The van der Waals surface area contributed by atoms with Crippen LogP contribution in [0.4, 0.5) is 11.5 Å². The molecule has 8 heteroatoms. The summed E-state index contributed by atoms with van der Waals surface area (Å²) in [5.74, 6) is 0.130. The fourth-order valence-corrected chi connectivity index (χ4v) is 5.07. The number of piperidine rings is 1. The summed E-state index contributed by atoms with van der Waals surface area (Å²) in [4.78, 5) is 22.7. The summed E-state index contributed by atoms with van der Waals surface area (Å²) in [5.41, 5.74) is 7.93. The molecule has 2 aromatic rings. The molecule has 31 heavy (non-hydrogen) atoms. The Kier molecular flexibility index (Phi) is 6.13. The minimum atomic E-state index is -0.702. The van der Waals surface area contributed by atoms with Gasteiger partial charge in [0, 0.05) is 13.1 Å². The number of aliphatic hydroxyl groups is 1. The number of amides is 1. The monoisotopic (exact) mass is 433 g/mol. The van der Waals surface area contributed by atoms with Crippen LogP contribution in [0.2, 0.25) is 0 Å². The number of carbonyl (C=O) groups is 1. The third-order valence-corrected chi connectivity index (χ3v) is 6.91. The van der Waals surface area contributed by atoms with Crippen LogP contribution in [0, 0.1) is 17.9 Å². The van der Waals surface area contributed by atoms with Crippen molar-refractivity contribution in [2.24, 2.45) is 5.73 Å². The summed E-state index contributed by atoms with van der Waals surface area (Å²) in [5, 5.41) is 19.9.